The maximum absolute atomic E-state index is 12.8. The van der Waals surface area contributed by atoms with Gasteiger partial charge in [-0.1, -0.05) is 24.3 Å². The van der Waals surface area contributed by atoms with Gasteiger partial charge in [0, 0.05) is 12.2 Å². The fourth-order valence-corrected chi connectivity index (χ4v) is 2.13. The second-order valence-corrected chi connectivity index (χ2v) is 5.22. The second-order valence-electron chi connectivity index (χ2n) is 5.22. The quantitative estimate of drug-likeness (QED) is 0.915. The molecule has 1 N–H and O–H groups in total. The number of rotatable bonds is 5. The number of amides is 1. The van der Waals surface area contributed by atoms with Crippen molar-refractivity contribution in [1.82, 2.24) is 4.90 Å². The van der Waals surface area contributed by atoms with Gasteiger partial charge in [0.1, 0.15) is 5.82 Å². The number of hydrogen-bond acceptors (Lipinski definition) is 2. The first-order valence-electron chi connectivity index (χ1n) is 6.82. The highest BCUT2D eigenvalue weighted by molar-refractivity contribution is 5.92. The lowest BCUT2D eigenvalue weighted by Gasteiger charge is -2.16. The molecule has 0 aliphatic carbocycles. The number of halogens is 1. The van der Waals surface area contributed by atoms with Crippen LogP contribution in [0.4, 0.5) is 10.1 Å². The first-order valence-corrected chi connectivity index (χ1v) is 6.82. The number of benzene rings is 2. The Morgan fingerprint density at radius 3 is 2.57 bits per heavy atom. The lowest BCUT2D eigenvalue weighted by molar-refractivity contribution is -0.117. The Morgan fingerprint density at radius 2 is 1.90 bits per heavy atom. The van der Waals surface area contributed by atoms with Gasteiger partial charge < -0.3 is 5.32 Å². The lowest BCUT2D eigenvalue weighted by atomic mass is 10.2. The molecule has 0 radical (unpaired) electrons. The highest BCUT2D eigenvalue weighted by atomic mass is 19.1. The summed E-state index contributed by atoms with van der Waals surface area (Å²) in [7, 11) is 1.86. The first kappa shape index (κ1) is 15.2. The minimum Gasteiger partial charge on any atom is -0.325 e. The Bertz CT molecular complexity index is 610. The van der Waals surface area contributed by atoms with Gasteiger partial charge in [0.05, 0.1) is 6.54 Å². The lowest BCUT2D eigenvalue weighted by Crippen LogP contribution is -2.29. The van der Waals surface area contributed by atoms with Crippen molar-refractivity contribution in [2.45, 2.75) is 13.5 Å². The van der Waals surface area contributed by atoms with Crippen molar-refractivity contribution in [3.05, 3.63) is 65.5 Å². The molecule has 1 amide bonds. The van der Waals surface area contributed by atoms with Crippen LogP contribution in [0.25, 0.3) is 0 Å². The molecule has 3 nitrogen and oxygen atoms in total. The number of anilines is 1. The van der Waals surface area contributed by atoms with Gasteiger partial charge >= 0.3 is 0 Å². The average molecular weight is 286 g/mol. The standard InChI is InChI=1S/C17H19FN2O/c1-13-4-3-5-16(10-13)19-17(21)12-20(2)11-14-6-8-15(18)9-7-14/h3-10H,11-12H2,1-2H3,(H,19,21). The summed E-state index contributed by atoms with van der Waals surface area (Å²) in [5.74, 6) is -0.316. The molecular weight excluding hydrogens is 267 g/mol. The number of likely N-dealkylation sites (N-methyl/N-ethyl adjacent to an activating group) is 1. The van der Waals surface area contributed by atoms with Gasteiger partial charge in [0.25, 0.3) is 0 Å². The molecule has 0 saturated heterocycles. The van der Waals surface area contributed by atoms with Crippen LogP contribution >= 0.6 is 0 Å². The van der Waals surface area contributed by atoms with Gasteiger partial charge in [-0.2, -0.15) is 0 Å². The molecule has 0 bridgehead atoms. The van der Waals surface area contributed by atoms with Crippen molar-refractivity contribution in [2.75, 3.05) is 18.9 Å². The Balaban J connectivity index is 1.86. The Kier molecular flexibility index (Phi) is 5.06. The van der Waals surface area contributed by atoms with Gasteiger partial charge in [0.15, 0.2) is 0 Å². The molecule has 2 aromatic carbocycles. The van der Waals surface area contributed by atoms with Crippen LogP contribution in [0.2, 0.25) is 0 Å². The number of aryl methyl sites for hydroxylation is 1. The third kappa shape index (κ3) is 5.00. The average Bonchev–Trinajstić information content (AvgIpc) is 2.41. The molecule has 0 saturated carbocycles. The van der Waals surface area contributed by atoms with Crippen LogP contribution in [0.5, 0.6) is 0 Å². The molecule has 110 valence electrons. The monoisotopic (exact) mass is 286 g/mol. The summed E-state index contributed by atoms with van der Waals surface area (Å²) >= 11 is 0. The number of carbonyl (C=O) groups is 1. The molecule has 0 unspecified atom stereocenters. The normalized spacial score (nSPS) is 10.7. The van der Waals surface area contributed by atoms with E-state index in [-0.39, 0.29) is 18.3 Å². The molecule has 21 heavy (non-hydrogen) atoms. The third-order valence-electron chi connectivity index (χ3n) is 3.08. The van der Waals surface area contributed by atoms with Gasteiger partial charge in [0.2, 0.25) is 5.91 Å². The molecule has 0 aliphatic heterocycles. The molecule has 0 aliphatic rings. The number of carbonyl (C=O) groups excluding carboxylic acids is 1. The maximum atomic E-state index is 12.8. The van der Waals surface area contributed by atoms with E-state index in [0.717, 1.165) is 16.8 Å². The highest BCUT2D eigenvalue weighted by Gasteiger charge is 2.07. The van der Waals surface area contributed by atoms with E-state index in [0.29, 0.717) is 6.54 Å². The molecule has 2 aromatic rings. The van der Waals surface area contributed by atoms with E-state index >= 15 is 0 Å². The minimum absolute atomic E-state index is 0.0646. The van der Waals surface area contributed by atoms with Crippen LogP contribution in [-0.4, -0.2) is 24.4 Å². The van der Waals surface area contributed by atoms with E-state index in [9.17, 15) is 9.18 Å². The fourth-order valence-electron chi connectivity index (χ4n) is 2.13. The van der Waals surface area contributed by atoms with Crippen molar-refractivity contribution >= 4 is 11.6 Å². The molecule has 2 rings (SSSR count). The van der Waals surface area contributed by atoms with Crippen LogP contribution in [0.1, 0.15) is 11.1 Å². The maximum Gasteiger partial charge on any atom is 0.238 e. The van der Waals surface area contributed by atoms with Gasteiger partial charge in [-0.05, 0) is 49.4 Å². The predicted octanol–water partition coefficient (Wildman–Crippen LogP) is 3.20. The van der Waals surface area contributed by atoms with E-state index in [1.807, 2.05) is 43.1 Å². The SMILES string of the molecule is Cc1cccc(NC(=O)CN(C)Cc2ccc(F)cc2)c1. The number of nitrogens with zero attached hydrogens (tertiary/aromatic N) is 1. The predicted molar refractivity (Wildman–Crippen MR) is 82.5 cm³/mol. The van der Waals surface area contributed by atoms with Crippen molar-refractivity contribution < 1.29 is 9.18 Å². The van der Waals surface area contributed by atoms with Crippen molar-refractivity contribution in [2.24, 2.45) is 0 Å². The van der Waals surface area contributed by atoms with Crippen LogP contribution in [0, 0.1) is 12.7 Å². The summed E-state index contributed by atoms with van der Waals surface area (Å²) in [6, 6.07) is 14.0. The summed E-state index contributed by atoms with van der Waals surface area (Å²) in [6.07, 6.45) is 0. The van der Waals surface area contributed by atoms with E-state index < -0.39 is 0 Å². The van der Waals surface area contributed by atoms with Crippen molar-refractivity contribution in [1.29, 1.82) is 0 Å². The largest absolute Gasteiger partial charge is 0.325 e. The molecule has 0 spiro atoms. The molecular formula is C17H19FN2O. The Labute approximate surface area is 124 Å². The fraction of sp³-hybridized carbons (Fsp3) is 0.235. The van der Waals surface area contributed by atoms with Gasteiger partial charge in [-0.15, -0.1) is 0 Å². The van der Waals surface area contributed by atoms with Crippen LogP contribution < -0.4 is 5.32 Å². The molecule has 4 heteroatoms. The molecule has 0 heterocycles. The van der Waals surface area contributed by atoms with Crippen LogP contribution in [0.15, 0.2) is 48.5 Å². The summed E-state index contributed by atoms with van der Waals surface area (Å²) in [6.45, 7) is 2.86. The van der Waals surface area contributed by atoms with Crippen LogP contribution in [0.3, 0.4) is 0 Å². The number of nitrogens with one attached hydrogen (secondary N) is 1. The van der Waals surface area contributed by atoms with Gasteiger partial charge in [-0.25, -0.2) is 4.39 Å². The smallest absolute Gasteiger partial charge is 0.238 e. The topological polar surface area (TPSA) is 32.3 Å². The van der Waals surface area contributed by atoms with E-state index in [1.54, 1.807) is 12.1 Å². The summed E-state index contributed by atoms with van der Waals surface area (Å²) in [4.78, 5) is 13.9. The van der Waals surface area contributed by atoms with Gasteiger partial charge in [-0.3, -0.25) is 9.69 Å². The molecule has 0 fully saturated rings. The zero-order valence-corrected chi connectivity index (χ0v) is 12.3. The molecule has 0 atom stereocenters. The van der Waals surface area contributed by atoms with E-state index in [2.05, 4.69) is 5.32 Å². The molecule has 0 aromatic heterocycles. The minimum atomic E-state index is -0.251. The summed E-state index contributed by atoms with van der Waals surface area (Å²) < 4.78 is 12.8. The zero-order valence-electron chi connectivity index (χ0n) is 12.3. The van der Waals surface area contributed by atoms with Crippen molar-refractivity contribution in [3.8, 4) is 0 Å². The first-order chi connectivity index (χ1) is 10.0. The Morgan fingerprint density at radius 1 is 1.19 bits per heavy atom. The van der Waals surface area contributed by atoms with Crippen molar-refractivity contribution in [3.63, 3.8) is 0 Å². The van der Waals surface area contributed by atoms with E-state index in [1.165, 1.54) is 12.1 Å². The summed E-state index contributed by atoms with van der Waals surface area (Å²) in [5.41, 5.74) is 2.88. The zero-order chi connectivity index (χ0) is 15.2. The number of hydrogen-bond donors (Lipinski definition) is 1. The highest BCUT2D eigenvalue weighted by Crippen LogP contribution is 2.10. The van der Waals surface area contributed by atoms with E-state index in [4.69, 9.17) is 0 Å². The Hall–Kier alpha value is -2.20. The third-order valence-corrected chi connectivity index (χ3v) is 3.08. The second kappa shape index (κ2) is 6.99. The van der Waals surface area contributed by atoms with Crippen LogP contribution in [-0.2, 0) is 11.3 Å². The summed E-state index contributed by atoms with van der Waals surface area (Å²) in [5, 5.41) is 2.87.